The van der Waals surface area contributed by atoms with Gasteiger partial charge in [-0.3, -0.25) is 4.79 Å². The van der Waals surface area contributed by atoms with E-state index in [2.05, 4.69) is 25.4 Å². The summed E-state index contributed by atoms with van der Waals surface area (Å²) in [5.41, 5.74) is 2.36. The number of H-pyrrole nitrogens is 2. The van der Waals surface area contributed by atoms with Crippen LogP contribution in [0.5, 0.6) is 0 Å². The normalized spacial score (nSPS) is 10.9. The molecule has 0 bridgehead atoms. The monoisotopic (exact) mass is 334 g/mol. The van der Waals surface area contributed by atoms with Crippen molar-refractivity contribution >= 4 is 16.9 Å². The number of carbonyl (C=O) groups is 1. The standard InChI is InChI=1S/C17H14N6O2/c24-16(13-3-1-4-15(20-13)23-8-2-7-19-23)18-10-11-5-6-12-14(9-11)22-17(25)21-12/h1-9H,10H2,(H,18,24)(H2,21,22,25). The highest BCUT2D eigenvalue weighted by molar-refractivity contribution is 5.92. The second-order valence-corrected chi connectivity index (χ2v) is 5.47. The largest absolute Gasteiger partial charge is 0.347 e. The number of carbonyl (C=O) groups excluding carboxylic acids is 1. The highest BCUT2D eigenvalue weighted by atomic mass is 16.2. The van der Waals surface area contributed by atoms with Gasteiger partial charge in [0.25, 0.3) is 5.91 Å². The SMILES string of the molecule is O=C(NCc1ccc2[nH]c(=O)[nH]c2c1)c1cccc(-n2cccn2)n1. The van der Waals surface area contributed by atoms with Crippen molar-refractivity contribution in [1.29, 1.82) is 0 Å². The third-order valence-electron chi connectivity index (χ3n) is 3.74. The molecule has 4 aromatic rings. The Morgan fingerprint density at radius 1 is 1.12 bits per heavy atom. The number of nitrogens with zero attached hydrogens (tertiary/aromatic N) is 3. The molecule has 0 unspecified atom stereocenters. The molecule has 0 aliphatic heterocycles. The summed E-state index contributed by atoms with van der Waals surface area (Å²) >= 11 is 0. The van der Waals surface area contributed by atoms with Crippen LogP contribution in [0, 0.1) is 0 Å². The zero-order chi connectivity index (χ0) is 17.2. The van der Waals surface area contributed by atoms with Gasteiger partial charge in [0.1, 0.15) is 5.69 Å². The van der Waals surface area contributed by atoms with Crippen LogP contribution in [-0.4, -0.2) is 30.6 Å². The van der Waals surface area contributed by atoms with Gasteiger partial charge in [-0.25, -0.2) is 14.5 Å². The maximum Gasteiger partial charge on any atom is 0.323 e. The Hall–Kier alpha value is -3.68. The minimum absolute atomic E-state index is 0.254. The summed E-state index contributed by atoms with van der Waals surface area (Å²) in [7, 11) is 0. The van der Waals surface area contributed by atoms with Gasteiger partial charge in [0, 0.05) is 18.9 Å². The summed E-state index contributed by atoms with van der Waals surface area (Å²) in [5, 5.41) is 6.93. The number of aromatic amines is 2. The number of hydrogen-bond acceptors (Lipinski definition) is 4. The molecule has 4 rings (SSSR count). The van der Waals surface area contributed by atoms with Crippen molar-refractivity contribution in [3.63, 3.8) is 0 Å². The lowest BCUT2D eigenvalue weighted by Gasteiger charge is -2.07. The summed E-state index contributed by atoms with van der Waals surface area (Å²) in [6.45, 7) is 0.329. The van der Waals surface area contributed by atoms with Crippen molar-refractivity contribution in [2.24, 2.45) is 0 Å². The van der Waals surface area contributed by atoms with E-state index in [4.69, 9.17) is 0 Å². The first-order valence-electron chi connectivity index (χ1n) is 7.65. The molecule has 0 spiro atoms. The number of fused-ring (bicyclic) bond motifs is 1. The summed E-state index contributed by atoms with van der Waals surface area (Å²) in [6, 6.07) is 12.4. The zero-order valence-corrected chi connectivity index (χ0v) is 13.1. The summed E-state index contributed by atoms with van der Waals surface area (Å²) in [5.74, 6) is 0.292. The Morgan fingerprint density at radius 3 is 2.84 bits per heavy atom. The van der Waals surface area contributed by atoms with E-state index in [1.54, 1.807) is 47.4 Å². The molecule has 124 valence electrons. The number of hydrogen-bond donors (Lipinski definition) is 3. The van der Waals surface area contributed by atoms with E-state index in [-0.39, 0.29) is 11.6 Å². The highest BCUT2D eigenvalue weighted by Crippen LogP contribution is 2.10. The van der Waals surface area contributed by atoms with Gasteiger partial charge in [0.2, 0.25) is 0 Å². The lowest BCUT2D eigenvalue weighted by molar-refractivity contribution is 0.0946. The van der Waals surface area contributed by atoms with E-state index in [0.717, 1.165) is 11.1 Å². The first-order valence-corrected chi connectivity index (χ1v) is 7.65. The lowest BCUT2D eigenvalue weighted by Crippen LogP contribution is -2.24. The fraction of sp³-hybridized carbons (Fsp3) is 0.0588. The van der Waals surface area contributed by atoms with Gasteiger partial charge in [0.15, 0.2) is 5.82 Å². The molecule has 0 atom stereocenters. The van der Waals surface area contributed by atoms with Gasteiger partial charge in [-0.15, -0.1) is 0 Å². The Kier molecular flexibility index (Phi) is 3.62. The molecule has 0 aliphatic rings. The fourth-order valence-corrected chi connectivity index (χ4v) is 2.54. The minimum Gasteiger partial charge on any atom is -0.347 e. The van der Waals surface area contributed by atoms with E-state index in [9.17, 15) is 9.59 Å². The molecule has 1 aromatic carbocycles. The summed E-state index contributed by atoms with van der Waals surface area (Å²) < 4.78 is 1.59. The smallest absolute Gasteiger partial charge is 0.323 e. The minimum atomic E-state index is -0.281. The quantitative estimate of drug-likeness (QED) is 0.524. The number of amides is 1. The van der Waals surface area contributed by atoms with E-state index in [1.165, 1.54) is 0 Å². The second-order valence-electron chi connectivity index (χ2n) is 5.47. The first kappa shape index (κ1) is 14.9. The maximum absolute atomic E-state index is 12.3. The van der Waals surface area contributed by atoms with E-state index >= 15 is 0 Å². The molecule has 25 heavy (non-hydrogen) atoms. The van der Waals surface area contributed by atoms with Crippen molar-refractivity contribution in [3.05, 3.63) is 76.6 Å². The van der Waals surface area contributed by atoms with Crippen LogP contribution in [0.1, 0.15) is 16.1 Å². The average Bonchev–Trinajstić information content (AvgIpc) is 3.28. The number of imidazole rings is 1. The molecule has 1 amide bonds. The molecule has 8 heteroatoms. The molecule has 8 nitrogen and oxygen atoms in total. The number of aromatic nitrogens is 5. The number of rotatable bonds is 4. The maximum atomic E-state index is 12.3. The van der Waals surface area contributed by atoms with Crippen LogP contribution in [0.3, 0.4) is 0 Å². The predicted molar refractivity (Wildman–Crippen MR) is 91.4 cm³/mol. The third kappa shape index (κ3) is 3.05. The van der Waals surface area contributed by atoms with Crippen molar-refractivity contribution in [2.45, 2.75) is 6.54 Å². The number of pyridine rings is 1. The first-order chi connectivity index (χ1) is 12.2. The molecule has 0 fully saturated rings. The van der Waals surface area contributed by atoms with Gasteiger partial charge in [-0.1, -0.05) is 12.1 Å². The van der Waals surface area contributed by atoms with Gasteiger partial charge in [0.05, 0.1) is 11.0 Å². The Labute approximate surface area is 141 Å². The molecule has 3 aromatic heterocycles. The van der Waals surface area contributed by atoms with Gasteiger partial charge >= 0.3 is 5.69 Å². The average molecular weight is 334 g/mol. The van der Waals surface area contributed by atoms with E-state index in [1.807, 2.05) is 12.1 Å². The summed E-state index contributed by atoms with van der Waals surface area (Å²) in [6.07, 6.45) is 3.41. The number of nitrogens with one attached hydrogen (secondary N) is 3. The zero-order valence-electron chi connectivity index (χ0n) is 13.1. The second kappa shape index (κ2) is 6.08. The molecular weight excluding hydrogens is 320 g/mol. The van der Waals surface area contributed by atoms with Gasteiger partial charge in [-0.05, 0) is 35.9 Å². The van der Waals surface area contributed by atoms with Crippen LogP contribution < -0.4 is 11.0 Å². The van der Waals surface area contributed by atoms with Gasteiger partial charge < -0.3 is 15.3 Å². The molecular formula is C17H14N6O2. The Morgan fingerprint density at radius 2 is 2.00 bits per heavy atom. The van der Waals surface area contributed by atoms with Crippen molar-refractivity contribution < 1.29 is 4.79 Å². The topological polar surface area (TPSA) is 108 Å². The third-order valence-corrected chi connectivity index (χ3v) is 3.74. The van der Waals surface area contributed by atoms with Crippen LogP contribution >= 0.6 is 0 Å². The molecule has 3 heterocycles. The predicted octanol–water partition coefficient (Wildman–Crippen LogP) is 1.37. The number of benzene rings is 1. The van der Waals surface area contributed by atoms with E-state index in [0.29, 0.717) is 23.6 Å². The molecule has 0 aliphatic carbocycles. The van der Waals surface area contributed by atoms with Gasteiger partial charge in [-0.2, -0.15) is 5.10 Å². The van der Waals surface area contributed by atoms with Crippen LogP contribution in [0.2, 0.25) is 0 Å². The fourth-order valence-electron chi connectivity index (χ4n) is 2.54. The summed E-state index contributed by atoms with van der Waals surface area (Å²) in [4.78, 5) is 33.3. The Balaban J connectivity index is 1.49. The van der Waals surface area contributed by atoms with Crippen molar-refractivity contribution in [2.75, 3.05) is 0 Å². The van der Waals surface area contributed by atoms with E-state index < -0.39 is 0 Å². The van der Waals surface area contributed by atoms with Crippen LogP contribution in [-0.2, 0) is 6.54 Å². The lowest BCUT2D eigenvalue weighted by atomic mass is 10.2. The van der Waals surface area contributed by atoms with Crippen LogP contribution in [0.15, 0.2) is 59.7 Å². The Bertz CT molecular complexity index is 1090. The molecule has 0 radical (unpaired) electrons. The molecule has 0 saturated heterocycles. The van der Waals surface area contributed by atoms with Crippen molar-refractivity contribution in [3.8, 4) is 5.82 Å². The van der Waals surface area contributed by atoms with Crippen molar-refractivity contribution in [1.82, 2.24) is 30.0 Å². The highest BCUT2D eigenvalue weighted by Gasteiger charge is 2.09. The van der Waals surface area contributed by atoms with Crippen LogP contribution in [0.25, 0.3) is 16.9 Å². The molecule has 3 N–H and O–H groups in total. The van der Waals surface area contributed by atoms with Crippen LogP contribution in [0.4, 0.5) is 0 Å². The molecule has 0 saturated carbocycles.